The number of hydrogen-bond acceptors (Lipinski definition) is 0. The first kappa shape index (κ1) is 25.2. The van der Waals surface area contributed by atoms with Gasteiger partial charge in [-0.05, 0) is 0 Å². The Morgan fingerprint density at radius 1 is 0.750 bits per heavy atom. The Bertz CT molecular complexity index is 10.1. The van der Waals surface area contributed by atoms with Crippen molar-refractivity contribution in [1.29, 1.82) is 0 Å². The summed E-state index contributed by atoms with van der Waals surface area (Å²) in [4.78, 5) is 0. The van der Waals surface area contributed by atoms with Gasteiger partial charge in [-0.3, -0.25) is 0 Å². The van der Waals surface area contributed by atoms with Crippen molar-refractivity contribution in [1.82, 2.24) is 0 Å². The monoisotopic (exact) mass is 200 g/mol. The van der Waals surface area contributed by atoms with Crippen LogP contribution in [0, 0.1) is 0 Å². The Hall–Kier alpha value is 3.73. The summed E-state index contributed by atoms with van der Waals surface area (Å²) in [6.45, 7) is 0. The Balaban J connectivity index is 0. The van der Waals surface area contributed by atoms with Crippen LogP contribution in [0.2, 0.25) is 0 Å². The maximum absolute atomic E-state index is 0. The first-order valence-corrected chi connectivity index (χ1v) is 0. The molecule has 0 aromatic heterocycles. The molecule has 14 valence electrons. The summed E-state index contributed by atoms with van der Waals surface area (Å²) < 4.78 is 0. The number of halogens is 1. The van der Waals surface area contributed by atoms with E-state index in [1.165, 1.54) is 0 Å². The van der Waals surface area contributed by atoms with E-state index in [0.717, 1.165) is 0 Å². The smallest absolute Gasteiger partial charge is 1.00 e. The molecule has 0 rings (SSSR count). The van der Waals surface area contributed by atoms with Gasteiger partial charge in [0.15, 0.2) is 0 Å². The minimum absolute atomic E-state index is 0. The second-order valence-electron chi connectivity index (χ2n) is 0. The van der Waals surface area contributed by atoms with Crippen LogP contribution in [-0.2, 0) is 0 Å². The van der Waals surface area contributed by atoms with Gasteiger partial charge in [-0.2, -0.15) is 0 Å². The molecule has 0 N–H and O–H groups in total. The first-order chi connectivity index (χ1) is 0. The van der Waals surface area contributed by atoms with Crippen LogP contribution >= 0.6 is 24.0 Å². The molecule has 0 heterocycles. The van der Waals surface area contributed by atoms with Gasteiger partial charge in [0.1, 0.15) is 0 Å². The zero-order valence-electron chi connectivity index (χ0n) is 6.41. The van der Waals surface area contributed by atoms with Crippen LogP contribution in [0.15, 0.2) is 0 Å². The molecule has 4 heavy (non-hydrogen) atoms. The van der Waals surface area contributed by atoms with E-state index in [1.807, 2.05) is 0 Å². The molecular formula is H4INa3. The van der Waals surface area contributed by atoms with Crippen molar-refractivity contribution >= 4 is 24.0 Å². The topological polar surface area (TPSA) is 0 Å². The van der Waals surface area contributed by atoms with E-state index in [2.05, 4.69) is 0 Å². The largest absolute Gasteiger partial charge is 1.00 e. The number of hydrogen-bond donors (Lipinski definition) is 0. The third-order valence-corrected chi connectivity index (χ3v) is 0. The third kappa shape index (κ3) is 9.21. The van der Waals surface area contributed by atoms with Crippen molar-refractivity contribution in [2.75, 3.05) is 0 Å². The summed E-state index contributed by atoms with van der Waals surface area (Å²) in [5.41, 5.74) is 0. The molecule has 0 radical (unpaired) electrons. The molecule has 0 unspecified atom stereocenters. The fraction of sp³-hybridized carbons (Fsp3) is 0. The van der Waals surface area contributed by atoms with E-state index >= 15 is 0 Å². The fourth-order valence-corrected chi connectivity index (χ4v) is 0. The molecule has 0 atom stereocenters. The van der Waals surface area contributed by atoms with Crippen molar-refractivity contribution in [3.63, 3.8) is 0 Å². The third-order valence-electron chi connectivity index (χ3n) is 0. The van der Waals surface area contributed by atoms with E-state index < -0.39 is 0 Å². The molecule has 0 fully saturated rings. The van der Waals surface area contributed by atoms with Crippen molar-refractivity contribution in [3.05, 3.63) is 0 Å². The molecule has 0 bridgehead atoms. The molecule has 0 saturated heterocycles. The molecular weight excluding hydrogens is 196 g/mol. The van der Waals surface area contributed by atoms with Gasteiger partial charge in [-0.1, -0.05) is 0 Å². The SMILES string of the molecule is I.[H-].[H-].[H-].[Na+].[Na+].[Na+]. The van der Waals surface area contributed by atoms with Crippen molar-refractivity contribution < 1.29 is 93.0 Å². The Morgan fingerprint density at radius 3 is 0.750 bits per heavy atom. The Morgan fingerprint density at radius 2 is 0.750 bits per heavy atom. The minimum Gasteiger partial charge on any atom is -1.00 e. The molecule has 0 saturated carbocycles. The second kappa shape index (κ2) is 15.9. The van der Waals surface area contributed by atoms with Crippen LogP contribution in [0.25, 0.3) is 0 Å². The van der Waals surface area contributed by atoms with Crippen molar-refractivity contribution in [2.45, 2.75) is 0 Å². The fourth-order valence-electron chi connectivity index (χ4n) is 0. The summed E-state index contributed by atoms with van der Waals surface area (Å²) >= 11 is 0. The van der Waals surface area contributed by atoms with Gasteiger partial charge in [0.2, 0.25) is 0 Å². The average Bonchev–Trinajstić information content (AvgIpc) is 0. The van der Waals surface area contributed by atoms with Crippen molar-refractivity contribution in [2.24, 2.45) is 0 Å². The molecule has 0 spiro atoms. The first-order valence-electron chi connectivity index (χ1n) is 0. The van der Waals surface area contributed by atoms with E-state index in [9.17, 15) is 0 Å². The molecule has 0 aliphatic carbocycles. The maximum atomic E-state index is 0. The maximum Gasteiger partial charge on any atom is 1.00 e. The van der Waals surface area contributed by atoms with E-state index in [-0.39, 0.29) is 117 Å². The van der Waals surface area contributed by atoms with Gasteiger partial charge in [0, 0.05) is 0 Å². The van der Waals surface area contributed by atoms with E-state index in [0.29, 0.717) is 0 Å². The van der Waals surface area contributed by atoms with Crippen LogP contribution in [0.3, 0.4) is 0 Å². The Kier molecular flexibility index (Phi) is 99.9. The summed E-state index contributed by atoms with van der Waals surface area (Å²) in [5, 5.41) is 0. The van der Waals surface area contributed by atoms with Crippen LogP contribution in [0.1, 0.15) is 4.28 Å². The molecule has 0 aliphatic heterocycles. The summed E-state index contributed by atoms with van der Waals surface area (Å²) in [6, 6.07) is 0. The predicted octanol–water partition coefficient (Wildman–Crippen LogP) is -8.03. The van der Waals surface area contributed by atoms with Gasteiger partial charge in [-0.15, -0.1) is 24.0 Å². The molecule has 4 heteroatoms. The van der Waals surface area contributed by atoms with Crippen LogP contribution in [-0.4, -0.2) is 0 Å². The minimum atomic E-state index is 0. The quantitative estimate of drug-likeness (QED) is 0.269. The van der Waals surface area contributed by atoms with Gasteiger partial charge < -0.3 is 4.28 Å². The van der Waals surface area contributed by atoms with Gasteiger partial charge in [0.25, 0.3) is 0 Å². The molecule has 0 aromatic rings. The molecule has 0 nitrogen and oxygen atoms in total. The van der Waals surface area contributed by atoms with Crippen molar-refractivity contribution in [3.8, 4) is 0 Å². The van der Waals surface area contributed by atoms with Gasteiger partial charge in [-0.25, -0.2) is 0 Å². The normalized spacial score (nSPS) is 0. The van der Waals surface area contributed by atoms with Gasteiger partial charge in [0.05, 0.1) is 0 Å². The van der Waals surface area contributed by atoms with Gasteiger partial charge >= 0.3 is 88.7 Å². The predicted molar refractivity (Wildman–Crippen MR) is 18.8 cm³/mol. The van der Waals surface area contributed by atoms with E-state index in [1.54, 1.807) is 0 Å². The standard InChI is InChI=1S/HI.3Na.3H/h1H;;;;;;/q;3*+1;3*-1. The average molecular weight is 200 g/mol. The molecule has 0 aliphatic rings. The second-order valence-corrected chi connectivity index (χ2v) is 0. The Labute approximate surface area is 114 Å². The summed E-state index contributed by atoms with van der Waals surface area (Å²) in [6.07, 6.45) is 0. The van der Waals surface area contributed by atoms with E-state index in [4.69, 9.17) is 0 Å². The molecule has 0 amide bonds. The van der Waals surface area contributed by atoms with Crippen LogP contribution in [0.5, 0.6) is 0 Å². The van der Waals surface area contributed by atoms with Crippen LogP contribution < -0.4 is 88.7 Å². The zero-order chi connectivity index (χ0) is 0. The molecule has 0 aromatic carbocycles. The van der Waals surface area contributed by atoms with Crippen LogP contribution in [0.4, 0.5) is 0 Å². The zero-order valence-corrected chi connectivity index (χ0v) is 11.7. The summed E-state index contributed by atoms with van der Waals surface area (Å²) in [5.74, 6) is 0. The number of rotatable bonds is 0. The summed E-state index contributed by atoms with van der Waals surface area (Å²) in [7, 11) is 0.